The van der Waals surface area contributed by atoms with Gasteiger partial charge < -0.3 is 36.5 Å². The van der Waals surface area contributed by atoms with Gasteiger partial charge in [-0.3, -0.25) is 19.8 Å². The van der Waals surface area contributed by atoms with Crippen LogP contribution in [0.25, 0.3) is 0 Å². The molecule has 2 fully saturated rings. The van der Waals surface area contributed by atoms with Gasteiger partial charge in [0.15, 0.2) is 0 Å². The number of ether oxygens (including phenoxy) is 2. The fraction of sp³-hybridized carbons (Fsp3) is 0.355. The monoisotopic (exact) mass is 622 g/mol. The molecular formula is C31H35FN6O5S. The maximum atomic E-state index is 13.5. The molecule has 3 aromatic rings. The van der Waals surface area contributed by atoms with E-state index in [1.807, 2.05) is 6.92 Å². The number of fused-ring (bicyclic) bond motifs is 1. The SMILES string of the molecule is C[C@@H](NC(=O)[C@@H]1C[C@@]2(COCCN)CC2N1C(=O)CNC(=O)c1ccc(Oc2ccc(F)cc2)cc1)c1cc(C(=N)N)cs1. The van der Waals surface area contributed by atoms with Crippen LogP contribution in [0.4, 0.5) is 4.39 Å². The van der Waals surface area contributed by atoms with Gasteiger partial charge in [0, 0.05) is 39.4 Å². The second kappa shape index (κ2) is 13.1. The molecule has 1 aliphatic carbocycles. The third-order valence-electron chi connectivity index (χ3n) is 7.94. The van der Waals surface area contributed by atoms with Crippen LogP contribution in [0.1, 0.15) is 46.6 Å². The minimum atomic E-state index is -0.725. The van der Waals surface area contributed by atoms with Gasteiger partial charge in [0.1, 0.15) is 29.2 Å². The van der Waals surface area contributed by atoms with E-state index in [9.17, 15) is 18.8 Å². The van der Waals surface area contributed by atoms with Crippen molar-refractivity contribution in [1.29, 1.82) is 5.41 Å². The van der Waals surface area contributed by atoms with Crippen molar-refractivity contribution in [3.63, 3.8) is 0 Å². The highest BCUT2D eigenvalue weighted by Crippen LogP contribution is 2.59. The average molecular weight is 623 g/mol. The third kappa shape index (κ3) is 6.90. The Morgan fingerprint density at radius 3 is 2.43 bits per heavy atom. The molecule has 1 unspecified atom stereocenters. The first-order valence-electron chi connectivity index (χ1n) is 14.2. The molecule has 3 amide bonds. The van der Waals surface area contributed by atoms with Crippen molar-refractivity contribution in [2.45, 2.75) is 37.9 Å². The topological polar surface area (TPSA) is 173 Å². The Bertz CT molecular complexity index is 1530. The largest absolute Gasteiger partial charge is 0.457 e. The van der Waals surface area contributed by atoms with Crippen LogP contribution in [0, 0.1) is 16.6 Å². The van der Waals surface area contributed by atoms with E-state index in [-0.39, 0.29) is 47.5 Å². The van der Waals surface area contributed by atoms with Crippen LogP contribution in [-0.4, -0.2) is 66.8 Å². The van der Waals surface area contributed by atoms with Crippen molar-refractivity contribution < 1.29 is 28.2 Å². The number of carbonyl (C=O) groups excluding carboxylic acids is 3. The van der Waals surface area contributed by atoms with Crippen molar-refractivity contribution >= 4 is 34.9 Å². The summed E-state index contributed by atoms with van der Waals surface area (Å²) in [6, 6.07) is 12.4. The van der Waals surface area contributed by atoms with Crippen LogP contribution in [0.15, 0.2) is 60.0 Å². The van der Waals surface area contributed by atoms with Crippen LogP contribution in [-0.2, 0) is 14.3 Å². The van der Waals surface area contributed by atoms with E-state index in [0.717, 1.165) is 4.88 Å². The normalized spacial score (nSPS) is 20.8. The Kier molecular flexibility index (Phi) is 9.28. The number of likely N-dealkylation sites (tertiary alicyclic amines) is 1. The number of amides is 3. The van der Waals surface area contributed by atoms with Crippen molar-refractivity contribution in [1.82, 2.24) is 15.5 Å². The summed E-state index contributed by atoms with van der Waals surface area (Å²) < 4.78 is 24.5. The van der Waals surface area contributed by atoms with Crippen molar-refractivity contribution in [2.75, 3.05) is 26.3 Å². The number of nitrogens with two attached hydrogens (primary N) is 2. The quantitative estimate of drug-likeness (QED) is 0.111. The molecule has 1 aliphatic heterocycles. The second-order valence-corrected chi connectivity index (χ2v) is 12.0. The molecule has 1 saturated carbocycles. The number of nitrogens with one attached hydrogen (secondary N) is 3. The molecule has 0 bridgehead atoms. The number of rotatable bonds is 13. The predicted molar refractivity (Wildman–Crippen MR) is 163 cm³/mol. The van der Waals surface area contributed by atoms with E-state index in [1.165, 1.54) is 35.6 Å². The molecule has 232 valence electrons. The van der Waals surface area contributed by atoms with Crippen LogP contribution in [0.5, 0.6) is 11.5 Å². The summed E-state index contributed by atoms with van der Waals surface area (Å²) in [7, 11) is 0. The smallest absolute Gasteiger partial charge is 0.251 e. The van der Waals surface area contributed by atoms with Gasteiger partial charge in [-0.15, -0.1) is 11.3 Å². The van der Waals surface area contributed by atoms with E-state index in [4.69, 9.17) is 26.4 Å². The standard InChI is InChI=1S/C31H35FN6O5S/c1-18(25-12-20(16-44-25)28(34)35)37-30(41)24-13-31(17-42-11-10-33)14-26(31)38(24)27(39)15-36-29(40)19-2-6-22(7-3-19)43-23-8-4-21(32)5-9-23/h2-9,12,16,18,24,26H,10-11,13-15,17,33H2,1H3,(H3,34,35)(H,36,40)(H,37,41)/t18-,24+,26?,31+/m1/s1. The van der Waals surface area contributed by atoms with Gasteiger partial charge >= 0.3 is 0 Å². The average Bonchev–Trinajstić information content (AvgIpc) is 3.33. The van der Waals surface area contributed by atoms with Crippen molar-refractivity contribution in [3.05, 3.63) is 81.8 Å². The minimum absolute atomic E-state index is 0.0468. The van der Waals surface area contributed by atoms with E-state index < -0.39 is 11.9 Å². The first kappa shape index (κ1) is 31.1. The third-order valence-corrected chi connectivity index (χ3v) is 9.06. The molecule has 4 atom stereocenters. The van der Waals surface area contributed by atoms with Gasteiger partial charge in [0.25, 0.3) is 5.91 Å². The highest BCUT2D eigenvalue weighted by Gasteiger charge is 2.67. The first-order chi connectivity index (χ1) is 21.1. The van der Waals surface area contributed by atoms with Gasteiger partial charge in [-0.05, 0) is 74.4 Å². The highest BCUT2D eigenvalue weighted by atomic mass is 32.1. The number of amidine groups is 1. The van der Waals surface area contributed by atoms with E-state index in [2.05, 4.69) is 10.6 Å². The zero-order valence-corrected chi connectivity index (χ0v) is 25.0. The van der Waals surface area contributed by atoms with Gasteiger partial charge in [0.05, 0.1) is 25.8 Å². The molecule has 1 aromatic heterocycles. The number of thiophene rings is 1. The summed E-state index contributed by atoms with van der Waals surface area (Å²) in [5.41, 5.74) is 11.8. The molecule has 11 nitrogen and oxygen atoms in total. The molecule has 2 aliphatic rings. The maximum absolute atomic E-state index is 13.5. The van der Waals surface area contributed by atoms with E-state index in [1.54, 1.807) is 40.6 Å². The van der Waals surface area contributed by atoms with Crippen LogP contribution in [0.2, 0.25) is 0 Å². The molecule has 13 heteroatoms. The molecule has 5 rings (SSSR count). The molecule has 7 N–H and O–H groups in total. The number of carbonyl (C=O) groups is 3. The summed E-state index contributed by atoms with van der Waals surface area (Å²) in [4.78, 5) is 42.3. The molecule has 0 radical (unpaired) electrons. The summed E-state index contributed by atoms with van der Waals surface area (Å²) >= 11 is 1.39. The minimum Gasteiger partial charge on any atom is -0.457 e. The summed E-state index contributed by atoms with van der Waals surface area (Å²) in [6.07, 6.45) is 1.15. The fourth-order valence-electron chi connectivity index (χ4n) is 5.54. The number of hydrogen-bond donors (Lipinski definition) is 5. The number of nitrogen functional groups attached to an aromatic ring is 1. The van der Waals surface area contributed by atoms with Crippen molar-refractivity contribution in [2.24, 2.45) is 16.9 Å². The fourth-order valence-corrected chi connectivity index (χ4v) is 6.46. The second-order valence-electron chi connectivity index (χ2n) is 11.1. The molecule has 44 heavy (non-hydrogen) atoms. The molecular weight excluding hydrogens is 587 g/mol. The number of piperidine rings is 1. The number of benzene rings is 2. The molecule has 2 heterocycles. The molecule has 0 spiro atoms. The Morgan fingerprint density at radius 2 is 1.80 bits per heavy atom. The predicted octanol–water partition coefficient (Wildman–Crippen LogP) is 2.91. The Balaban J connectivity index is 1.21. The lowest BCUT2D eigenvalue weighted by Crippen LogP contribution is -2.51. The van der Waals surface area contributed by atoms with Crippen LogP contribution < -0.4 is 26.8 Å². The van der Waals surface area contributed by atoms with Gasteiger partial charge in [-0.2, -0.15) is 0 Å². The zero-order chi connectivity index (χ0) is 31.4. The molecule has 1 saturated heterocycles. The first-order valence-corrected chi connectivity index (χ1v) is 15.1. The Morgan fingerprint density at radius 1 is 1.11 bits per heavy atom. The zero-order valence-electron chi connectivity index (χ0n) is 24.2. The number of halogens is 1. The van der Waals surface area contributed by atoms with E-state index in [0.29, 0.717) is 55.2 Å². The van der Waals surface area contributed by atoms with Gasteiger partial charge in [-0.25, -0.2) is 4.39 Å². The number of nitrogens with zero attached hydrogens (tertiary/aromatic N) is 1. The Hall–Kier alpha value is -4.33. The van der Waals surface area contributed by atoms with Crippen LogP contribution >= 0.6 is 11.3 Å². The maximum Gasteiger partial charge on any atom is 0.251 e. The lowest BCUT2D eigenvalue weighted by molar-refractivity contribution is -0.139. The van der Waals surface area contributed by atoms with Crippen molar-refractivity contribution in [3.8, 4) is 11.5 Å². The van der Waals surface area contributed by atoms with Gasteiger partial charge in [0.2, 0.25) is 11.8 Å². The van der Waals surface area contributed by atoms with Crippen LogP contribution in [0.3, 0.4) is 0 Å². The highest BCUT2D eigenvalue weighted by molar-refractivity contribution is 7.10. The lowest BCUT2D eigenvalue weighted by atomic mass is 10.00. The Labute approximate surface area is 258 Å². The summed E-state index contributed by atoms with van der Waals surface area (Å²) in [5.74, 6) is -0.607. The number of hydrogen-bond acceptors (Lipinski definition) is 8. The summed E-state index contributed by atoms with van der Waals surface area (Å²) in [6.45, 7) is 2.71. The lowest BCUT2D eigenvalue weighted by Gasteiger charge is -2.28. The van der Waals surface area contributed by atoms with E-state index >= 15 is 0 Å². The van der Waals surface area contributed by atoms with Gasteiger partial charge in [-0.1, -0.05) is 0 Å². The molecule has 2 aromatic carbocycles. The summed E-state index contributed by atoms with van der Waals surface area (Å²) in [5, 5.41) is 15.1.